The Bertz CT molecular complexity index is 564. The van der Waals surface area contributed by atoms with Gasteiger partial charge in [0.05, 0.1) is 5.60 Å². The maximum atomic E-state index is 11.9. The van der Waals surface area contributed by atoms with Crippen LogP contribution in [0.1, 0.15) is 78.6 Å². The SMILES string of the molecule is CCC12CC[C@H]3[C@@H](C[C@@H](C)C4=CC(=O)CC[C@@H]43)[C@@H]1CC[C@@]2(O)CC. The lowest BCUT2D eigenvalue weighted by Crippen LogP contribution is -2.54. The van der Waals surface area contributed by atoms with Crippen LogP contribution in [-0.4, -0.2) is 16.5 Å². The van der Waals surface area contributed by atoms with Crippen molar-refractivity contribution < 1.29 is 9.90 Å². The van der Waals surface area contributed by atoms with Crippen LogP contribution in [0, 0.1) is 35.0 Å². The second-order valence-electron chi connectivity index (χ2n) is 9.30. The van der Waals surface area contributed by atoms with Gasteiger partial charge < -0.3 is 5.11 Å². The first-order valence-electron chi connectivity index (χ1n) is 10.4. The summed E-state index contributed by atoms with van der Waals surface area (Å²) in [7, 11) is 0. The lowest BCUT2D eigenvalue weighted by atomic mass is 9.48. The van der Waals surface area contributed by atoms with Gasteiger partial charge in [-0.1, -0.05) is 26.3 Å². The van der Waals surface area contributed by atoms with E-state index in [4.69, 9.17) is 0 Å². The molecule has 3 saturated carbocycles. The second kappa shape index (κ2) is 5.69. The summed E-state index contributed by atoms with van der Waals surface area (Å²) < 4.78 is 0. The number of carbonyl (C=O) groups is 1. The van der Waals surface area contributed by atoms with Crippen LogP contribution in [0.4, 0.5) is 0 Å². The molecule has 2 nitrogen and oxygen atoms in total. The third kappa shape index (κ3) is 2.08. The highest BCUT2D eigenvalue weighted by molar-refractivity contribution is 5.91. The van der Waals surface area contributed by atoms with Crippen LogP contribution < -0.4 is 0 Å². The summed E-state index contributed by atoms with van der Waals surface area (Å²) in [6, 6.07) is 0. The minimum atomic E-state index is -0.431. The van der Waals surface area contributed by atoms with Crippen molar-refractivity contribution in [2.45, 2.75) is 84.2 Å². The molecule has 0 spiro atoms. The summed E-state index contributed by atoms with van der Waals surface area (Å²) in [6.07, 6.45) is 11.8. The van der Waals surface area contributed by atoms with Crippen molar-refractivity contribution in [3.8, 4) is 0 Å². The van der Waals surface area contributed by atoms with Crippen LogP contribution in [-0.2, 0) is 4.79 Å². The van der Waals surface area contributed by atoms with Gasteiger partial charge in [0.1, 0.15) is 0 Å². The predicted molar refractivity (Wildman–Crippen MR) is 96.5 cm³/mol. The fourth-order valence-corrected chi connectivity index (χ4v) is 7.72. The second-order valence-corrected chi connectivity index (χ2v) is 9.30. The molecule has 0 radical (unpaired) electrons. The molecule has 1 unspecified atom stereocenters. The first kappa shape index (κ1) is 16.8. The minimum Gasteiger partial charge on any atom is -0.389 e. The molecule has 24 heavy (non-hydrogen) atoms. The Labute approximate surface area is 147 Å². The van der Waals surface area contributed by atoms with Gasteiger partial charge >= 0.3 is 0 Å². The number of hydrogen-bond acceptors (Lipinski definition) is 2. The van der Waals surface area contributed by atoms with E-state index in [2.05, 4.69) is 20.8 Å². The highest BCUT2D eigenvalue weighted by atomic mass is 16.3. The van der Waals surface area contributed by atoms with Gasteiger partial charge in [-0.2, -0.15) is 0 Å². The molecule has 4 aliphatic rings. The van der Waals surface area contributed by atoms with E-state index in [-0.39, 0.29) is 5.41 Å². The maximum absolute atomic E-state index is 11.9. The summed E-state index contributed by atoms with van der Waals surface area (Å²) >= 11 is 0. The standard InChI is InChI=1S/C22H34O2/c1-4-21-10-8-17-16-7-6-15(23)13-18(16)14(3)12-19(17)20(21)9-11-22(21,24)5-2/h13-14,16-17,19-20,24H,4-12H2,1-3H3/t14-,16-,17-,19-,20+,21?,22+/m1/s1. The van der Waals surface area contributed by atoms with E-state index in [0.29, 0.717) is 23.5 Å². The number of aliphatic hydroxyl groups is 1. The first-order chi connectivity index (χ1) is 11.5. The predicted octanol–water partition coefficient (Wildman–Crippen LogP) is 4.91. The van der Waals surface area contributed by atoms with E-state index in [1.54, 1.807) is 0 Å². The van der Waals surface area contributed by atoms with Crippen LogP contribution in [0.15, 0.2) is 11.6 Å². The van der Waals surface area contributed by atoms with Crippen LogP contribution in [0.2, 0.25) is 0 Å². The van der Waals surface area contributed by atoms with Gasteiger partial charge in [0.2, 0.25) is 0 Å². The number of ketones is 1. The summed E-state index contributed by atoms with van der Waals surface area (Å²) in [5.74, 6) is 3.80. The smallest absolute Gasteiger partial charge is 0.155 e. The lowest BCUT2D eigenvalue weighted by Gasteiger charge is -2.58. The van der Waals surface area contributed by atoms with E-state index >= 15 is 0 Å². The van der Waals surface area contributed by atoms with Crippen molar-refractivity contribution in [3.05, 3.63) is 11.6 Å². The zero-order valence-corrected chi connectivity index (χ0v) is 15.7. The number of fused-ring (bicyclic) bond motifs is 5. The fraction of sp³-hybridized carbons (Fsp3) is 0.864. The molecule has 0 aliphatic heterocycles. The molecule has 0 aromatic carbocycles. The Balaban J connectivity index is 1.69. The average molecular weight is 331 g/mol. The van der Waals surface area contributed by atoms with E-state index < -0.39 is 5.60 Å². The summed E-state index contributed by atoms with van der Waals surface area (Å²) in [4.78, 5) is 11.9. The fourth-order valence-electron chi connectivity index (χ4n) is 7.72. The van der Waals surface area contributed by atoms with Crippen molar-refractivity contribution in [1.82, 2.24) is 0 Å². The Morgan fingerprint density at radius 3 is 2.62 bits per heavy atom. The molecule has 3 fully saturated rings. The molecule has 134 valence electrons. The number of hydrogen-bond donors (Lipinski definition) is 1. The van der Waals surface area contributed by atoms with Crippen molar-refractivity contribution in [1.29, 1.82) is 0 Å². The molecule has 1 N–H and O–H groups in total. The normalized spacial score (nSPS) is 50.8. The maximum Gasteiger partial charge on any atom is 0.155 e. The average Bonchev–Trinajstić information content (AvgIpc) is 2.89. The largest absolute Gasteiger partial charge is 0.389 e. The molecule has 0 aromatic rings. The molecule has 0 amide bonds. The van der Waals surface area contributed by atoms with Gasteiger partial charge in [0.25, 0.3) is 0 Å². The Kier molecular flexibility index (Phi) is 3.99. The van der Waals surface area contributed by atoms with Crippen LogP contribution >= 0.6 is 0 Å². The Morgan fingerprint density at radius 1 is 1.12 bits per heavy atom. The zero-order valence-electron chi connectivity index (χ0n) is 15.7. The Morgan fingerprint density at radius 2 is 1.92 bits per heavy atom. The van der Waals surface area contributed by atoms with E-state index in [0.717, 1.165) is 43.9 Å². The summed E-state index contributed by atoms with van der Waals surface area (Å²) in [5.41, 5.74) is 1.20. The number of allylic oxidation sites excluding steroid dienone is 1. The van der Waals surface area contributed by atoms with Gasteiger partial charge in [0, 0.05) is 11.8 Å². The molecule has 7 atom stereocenters. The topological polar surface area (TPSA) is 37.3 Å². The third-order valence-electron chi connectivity index (χ3n) is 8.88. The van der Waals surface area contributed by atoms with Gasteiger partial charge in [-0.15, -0.1) is 0 Å². The molecule has 2 heteroatoms. The molecular weight excluding hydrogens is 296 g/mol. The minimum absolute atomic E-state index is 0.161. The lowest BCUT2D eigenvalue weighted by molar-refractivity contribution is -0.135. The molecular formula is C22H34O2. The molecule has 4 aliphatic carbocycles. The van der Waals surface area contributed by atoms with Crippen molar-refractivity contribution in [2.75, 3.05) is 0 Å². The monoisotopic (exact) mass is 330 g/mol. The zero-order chi connectivity index (χ0) is 17.1. The highest BCUT2D eigenvalue weighted by Crippen LogP contribution is 2.67. The van der Waals surface area contributed by atoms with E-state index in [1.165, 1.54) is 31.3 Å². The Hall–Kier alpha value is -0.630. The molecule has 0 heterocycles. The summed E-state index contributed by atoms with van der Waals surface area (Å²) in [5, 5.41) is 11.4. The number of carbonyl (C=O) groups excluding carboxylic acids is 1. The third-order valence-corrected chi connectivity index (χ3v) is 8.88. The van der Waals surface area contributed by atoms with E-state index in [9.17, 15) is 9.90 Å². The van der Waals surface area contributed by atoms with Gasteiger partial charge in [-0.3, -0.25) is 4.79 Å². The van der Waals surface area contributed by atoms with Crippen molar-refractivity contribution in [3.63, 3.8) is 0 Å². The van der Waals surface area contributed by atoms with Crippen LogP contribution in [0.5, 0.6) is 0 Å². The van der Waals surface area contributed by atoms with Crippen LogP contribution in [0.25, 0.3) is 0 Å². The first-order valence-corrected chi connectivity index (χ1v) is 10.4. The van der Waals surface area contributed by atoms with Crippen molar-refractivity contribution in [2.24, 2.45) is 35.0 Å². The van der Waals surface area contributed by atoms with Crippen LogP contribution in [0.3, 0.4) is 0 Å². The molecule has 0 bridgehead atoms. The van der Waals surface area contributed by atoms with Gasteiger partial charge in [0.15, 0.2) is 5.78 Å². The van der Waals surface area contributed by atoms with Gasteiger partial charge in [-0.05, 0) is 87.0 Å². The summed E-state index contributed by atoms with van der Waals surface area (Å²) in [6.45, 7) is 6.84. The van der Waals surface area contributed by atoms with Crippen molar-refractivity contribution >= 4 is 5.78 Å². The molecule has 4 rings (SSSR count). The molecule has 0 aromatic heterocycles. The van der Waals surface area contributed by atoms with Gasteiger partial charge in [-0.25, -0.2) is 0 Å². The number of rotatable bonds is 2. The molecule has 0 saturated heterocycles. The van der Waals surface area contributed by atoms with E-state index in [1.807, 2.05) is 6.08 Å². The highest BCUT2D eigenvalue weighted by Gasteiger charge is 2.63. The quantitative estimate of drug-likeness (QED) is 0.781.